The van der Waals surface area contributed by atoms with E-state index < -0.39 is 8.25 Å². The lowest BCUT2D eigenvalue weighted by Gasteiger charge is -2.28. The summed E-state index contributed by atoms with van der Waals surface area (Å²) in [5.74, 6) is 0.374. The second-order valence-electron chi connectivity index (χ2n) is 7.71. The van der Waals surface area contributed by atoms with Crippen molar-refractivity contribution in [3.8, 4) is 5.75 Å². The zero-order valence-electron chi connectivity index (χ0n) is 14.4. The monoisotopic (exact) mass is 327 g/mol. The maximum Gasteiger partial charge on any atom is 0.694 e. The van der Waals surface area contributed by atoms with Gasteiger partial charge in [0.1, 0.15) is 12.4 Å². The Balaban J connectivity index is 3.10. The molecule has 22 heavy (non-hydrogen) atoms. The van der Waals surface area contributed by atoms with Crippen LogP contribution in [0, 0.1) is 0 Å². The topological polar surface area (TPSA) is 66.8 Å². The van der Waals surface area contributed by atoms with E-state index in [4.69, 9.17) is 9.42 Å². The number of aryl methyl sites for hydroxylation is 1. The Morgan fingerprint density at radius 2 is 1.50 bits per heavy atom. The molecule has 5 heteroatoms. The fourth-order valence-electron chi connectivity index (χ4n) is 2.40. The van der Waals surface area contributed by atoms with Crippen LogP contribution in [0.25, 0.3) is 0 Å². The number of benzene rings is 1. The maximum absolute atomic E-state index is 10.6. The third-order valence-corrected chi connectivity index (χ3v) is 4.00. The highest BCUT2D eigenvalue weighted by molar-refractivity contribution is 7.32. The third kappa shape index (κ3) is 5.35. The summed E-state index contributed by atoms with van der Waals surface area (Å²) in [4.78, 5) is 8.64. The zero-order chi connectivity index (χ0) is 17.1. The Morgan fingerprint density at radius 3 is 1.86 bits per heavy atom. The first kappa shape index (κ1) is 19.1. The van der Waals surface area contributed by atoms with Gasteiger partial charge in [0, 0.05) is 4.57 Å². The van der Waals surface area contributed by atoms with Gasteiger partial charge in [0.05, 0.1) is 0 Å². The Bertz CT molecular complexity index is 504. The molecule has 0 bridgehead atoms. The van der Waals surface area contributed by atoms with Crippen LogP contribution >= 0.6 is 8.25 Å². The van der Waals surface area contributed by atoms with Gasteiger partial charge >= 0.3 is 8.25 Å². The molecule has 1 rings (SSSR count). The number of phenols is 1. The van der Waals surface area contributed by atoms with Crippen LogP contribution in [0.15, 0.2) is 12.1 Å². The molecule has 124 valence electrons. The highest BCUT2D eigenvalue weighted by Crippen LogP contribution is 2.40. The fourth-order valence-corrected chi connectivity index (χ4v) is 2.69. The molecule has 0 spiro atoms. The normalized spacial score (nSPS) is 13.3. The van der Waals surface area contributed by atoms with Crippen molar-refractivity contribution in [2.24, 2.45) is 0 Å². The van der Waals surface area contributed by atoms with Gasteiger partial charge in [-0.25, -0.2) is 0 Å². The second kappa shape index (κ2) is 7.08. The molecule has 2 N–H and O–H groups in total. The van der Waals surface area contributed by atoms with Gasteiger partial charge in [0.2, 0.25) is 0 Å². The smallest absolute Gasteiger partial charge is 0.507 e. The molecular weight excluding hydrogens is 299 g/mol. The van der Waals surface area contributed by atoms with E-state index in [9.17, 15) is 9.67 Å². The molecule has 0 aromatic heterocycles. The van der Waals surface area contributed by atoms with E-state index in [-0.39, 0.29) is 17.4 Å². The average molecular weight is 327 g/mol. The van der Waals surface area contributed by atoms with Crippen LogP contribution in [0.3, 0.4) is 0 Å². The molecule has 0 heterocycles. The van der Waals surface area contributed by atoms with Gasteiger partial charge in [0.15, 0.2) is 0 Å². The molecule has 4 nitrogen and oxygen atoms in total. The molecular formula is C17H28O4P+. The number of aromatic hydroxyl groups is 1. The zero-order valence-corrected chi connectivity index (χ0v) is 15.3. The number of hydrogen-bond donors (Lipinski definition) is 2. The number of hydrogen-bond acceptors (Lipinski definition) is 3. The Morgan fingerprint density at radius 1 is 1.05 bits per heavy atom. The summed E-state index contributed by atoms with van der Waals surface area (Å²) in [5.41, 5.74) is 2.69. The van der Waals surface area contributed by atoms with Crippen molar-refractivity contribution in [1.29, 1.82) is 0 Å². The summed E-state index contributed by atoms with van der Waals surface area (Å²) >= 11 is 0. The van der Waals surface area contributed by atoms with Crippen LogP contribution in [-0.2, 0) is 26.3 Å². The average Bonchev–Trinajstić information content (AvgIpc) is 2.33. The molecule has 0 aliphatic rings. The van der Waals surface area contributed by atoms with Gasteiger partial charge in [-0.3, -0.25) is 0 Å². The lowest BCUT2D eigenvalue weighted by molar-refractivity contribution is 0.277. The maximum atomic E-state index is 10.6. The van der Waals surface area contributed by atoms with E-state index in [2.05, 4.69) is 41.5 Å². The van der Waals surface area contributed by atoms with Crippen LogP contribution in [0.4, 0.5) is 0 Å². The number of rotatable bonds is 5. The molecule has 1 unspecified atom stereocenters. The van der Waals surface area contributed by atoms with E-state index in [0.717, 1.165) is 23.1 Å². The summed E-state index contributed by atoms with van der Waals surface area (Å²) in [7, 11) is -2.53. The van der Waals surface area contributed by atoms with Crippen molar-refractivity contribution in [2.75, 3.05) is 6.61 Å². The first-order valence-corrected chi connectivity index (χ1v) is 8.72. The van der Waals surface area contributed by atoms with Crippen molar-refractivity contribution in [2.45, 2.75) is 65.2 Å². The molecule has 0 saturated carbocycles. The minimum Gasteiger partial charge on any atom is -0.507 e. The van der Waals surface area contributed by atoms with E-state index in [1.54, 1.807) is 0 Å². The Labute approximate surface area is 134 Å². The number of phenolic OH excluding ortho intramolecular Hbond substituents is 1. The molecule has 0 aliphatic heterocycles. The van der Waals surface area contributed by atoms with Crippen molar-refractivity contribution < 1.29 is 19.1 Å². The summed E-state index contributed by atoms with van der Waals surface area (Å²) in [6.45, 7) is 12.7. The molecule has 0 amide bonds. The van der Waals surface area contributed by atoms with Crippen LogP contribution in [0.5, 0.6) is 5.75 Å². The van der Waals surface area contributed by atoms with Crippen LogP contribution in [0.1, 0.15) is 64.7 Å². The first-order chi connectivity index (χ1) is 9.93. The molecule has 1 atom stereocenters. The molecule has 1 aromatic rings. The summed E-state index contributed by atoms with van der Waals surface area (Å²) < 4.78 is 15.2. The van der Waals surface area contributed by atoms with Gasteiger partial charge in [-0.05, 0) is 40.4 Å². The van der Waals surface area contributed by atoms with Crippen molar-refractivity contribution in [1.82, 2.24) is 0 Å². The highest BCUT2D eigenvalue weighted by Gasteiger charge is 2.26. The van der Waals surface area contributed by atoms with Crippen molar-refractivity contribution in [3.63, 3.8) is 0 Å². The fraction of sp³-hybridized carbons (Fsp3) is 0.647. The highest BCUT2D eigenvalue weighted by atomic mass is 31.1. The molecule has 0 fully saturated rings. The summed E-state index contributed by atoms with van der Waals surface area (Å²) in [5, 5.41) is 10.6. The van der Waals surface area contributed by atoms with E-state index >= 15 is 0 Å². The third-order valence-electron chi connectivity index (χ3n) is 3.60. The first-order valence-electron chi connectivity index (χ1n) is 7.59. The van der Waals surface area contributed by atoms with Gasteiger partial charge in [-0.2, -0.15) is 0 Å². The van der Waals surface area contributed by atoms with Crippen LogP contribution in [0.2, 0.25) is 0 Å². The standard InChI is InChI=1S/C17H27O4P/c1-16(2,3)13-10-12(8-7-9-21-22(19)20)11-14(15(13)18)17(4,5)6/h10-11H,7-9H2,1-6H3,(H-,18,19,20)/p+1. The van der Waals surface area contributed by atoms with Gasteiger partial charge in [-0.1, -0.05) is 53.7 Å². The lowest BCUT2D eigenvalue weighted by Crippen LogP contribution is -2.18. The van der Waals surface area contributed by atoms with E-state index in [0.29, 0.717) is 12.2 Å². The molecule has 1 aromatic carbocycles. The van der Waals surface area contributed by atoms with E-state index in [1.807, 2.05) is 12.1 Å². The SMILES string of the molecule is CC(C)(C)c1cc(CCCO[P+](=O)O)cc(C(C)(C)C)c1O. The van der Waals surface area contributed by atoms with Gasteiger partial charge in [0.25, 0.3) is 0 Å². The summed E-state index contributed by atoms with van der Waals surface area (Å²) in [6.07, 6.45) is 1.41. The Kier molecular flexibility index (Phi) is 6.14. The predicted octanol–water partition coefficient (Wildman–Crippen LogP) is 4.59. The lowest BCUT2D eigenvalue weighted by atomic mass is 9.78. The molecule has 0 aliphatic carbocycles. The molecule has 0 saturated heterocycles. The van der Waals surface area contributed by atoms with E-state index in [1.165, 1.54) is 0 Å². The van der Waals surface area contributed by atoms with Crippen LogP contribution in [-0.4, -0.2) is 16.6 Å². The minimum absolute atomic E-state index is 0.148. The quantitative estimate of drug-likeness (QED) is 0.613. The van der Waals surface area contributed by atoms with Crippen LogP contribution < -0.4 is 0 Å². The second-order valence-corrected chi connectivity index (χ2v) is 8.45. The molecule has 0 radical (unpaired) electrons. The summed E-state index contributed by atoms with van der Waals surface area (Å²) in [6, 6.07) is 4.06. The van der Waals surface area contributed by atoms with Gasteiger partial charge in [-0.15, -0.1) is 9.42 Å². The minimum atomic E-state index is -2.53. The Hall–Kier alpha value is -0.960. The van der Waals surface area contributed by atoms with Gasteiger partial charge < -0.3 is 5.11 Å². The predicted molar refractivity (Wildman–Crippen MR) is 89.6 cm³/mol. The van der Waals surface area contributed by atoms with Crippen molar-refractivity contribution >= 4 is 8.25 Å². The van der Waals surface area contributed by atoms with Crippen molar-refractivity contribution in [3.05, 3.63) is 28.8 Å². The largest absolute Gasteiger partial charge is 0.694 e.